The van der Waals surface area contributed by atoms with Crippen LogP contribution in [0.4, 0.5) is 0 Å². The summed E-state index contributed by atoms with van der Waals surface area (Å²) in [6, 6.07) is 18.6. The smallest absolute Gasteiger partial charge is 0.326 e. The van der Waals surface area contributed by atoms with Crippen molar-refractivity contribution < 1.29 is 4.74 Å². The molecule has 184 valence electrons. The van der Waals surface area contributed by atoms with Gasteiger partial charge in [0.1, 0.15) is 17.3 Å². The first-order chi connectivity index (χ1) is 18.1. The third-order valence-electron chi connectivity index (χ3n) is 6.75. The van der Waals surface area contributed by atoms with Crippen LogP contribution in [0, 0.1) is 11.3 Å². The van der Waals surface area contributed by atoms with Crippen LogP contribution in [0.2, 0.25) is 5.02 Å². The van der Waals surface area contributed by atoms with Crippen molar-refractivity contribution in [2.45, 2.75) is 31.7 Å². The second-order valence-corrected chi connectivity index (χ2v) is 9.35. The molecule has 2 aromatic carbocycles. The lowest BCUT2D eigenvalue weighted by molar-refractivity contribution is 0.254. The molecule has 6 rings (SSSR count). The lowest BCUT2D eigenvalue weighted by atomic mass is 9.79. The number of fused-ring (bicyclic) bond motifs is 1. The van der Waals surface area contributed by atoms with Gasteiger partial charge in [-0.3, -0.25) is 9.13 Å². The third kappa shape index (κ3) is 3.96. The van der Waals surface area contributed by atoms with Gasteiger partial charge in [0, 0.05) is 12.0 Å². The highest BCUT2D eigenvalue weighted by Crippen LogP contribution is 2.46. The first kappa shape index (κ1) is 23.0. The molecule has 0 radical (unpaired) electrons. The summed E-state index contributed by atoms with van der Waals surface area (Å²) in [5.74, 6) is 2.11. The fourth-order valence-electron chi connectivity index (χ4n) is 4.93. The summed E-state index contributed by atoms with van der Waals surface area (Å²) in [7, 11) is 0. The fraction of sp³-hybridized carbons (Fsp3) is 0.222. The summed E-state index contributed by atoms with van der Waals surface area (Å²) in [5, 5.41) is 18.8. The largest absolute Gasteiger partial charge is 0.492 e. The van der Waals surface area contributed by atoms with Crippen LogP contribution in [0.5, 0.6) is 5.75 Å². The summed E-state index contributed by atoms with van der Waals surface area (Å²) in [6.07, 6.45) is 3.10. The molecule has 9 nitrogen and oxygen atoms in total. The normalized spacial score (nSPS) is 16.9. The highest BCUT2D eigenvalue weighted by molar-refractivity contribution is 6.32. The lowest BCUT2D eigenvalue weighted by Crippen LogP contribution is -2.32. The Morgan fingerprint density at radius 1 is 1.16 bits per heavy atom. The number of aromatic nitrogens is 6. The number of nitriles is 1. The van der Waals surface area contributed by atoms with Crippen molar-refractivity contribution >= 4 is 22.6 Å². The topological polar surface area (TPSA) is 114 Å². The van der Waals surface area contributed by atoms with Gasteiger partial charge in [0.15, 0.2) is 5.82 Å². The minimum Gasteiger partial charge on any atom is -0.492 e. The first-order valence-corrected chi connectivity index (χ1v) is 12.4. The van der Waals surface area contributed by atoms with Gasteiger partial charge in [-0.1, -0.05) is 23.7 Å². The number of benzene rings is 2. The maximum Gasteiger partial charge on any atom is 0.326 e. The monoisotopic (exact) mass is 511 g/mol. The molecular formula is C27H22ClN7O2. The number of para-hydroxylation sites is 1. The second-order valence-electron chi connectivity index (χ2n) is 8.95. The van der Waals surface area contributed by atoms with Crippen LogP contribution in [0.15, 0.2) is 65.6 Å². The van der Waals surface area contributed by atoms with E-state index in [1.807, 2.05) is 54.0 Å². The zero-order valence-electron chi connectivity index (χ0n) is 19.9. The van der Waals surface area contributed by atoms with E-state index in [1.165, 1.54) is 0 Å². The Hall–Kier alpha value is -4.42. The van der Waals surface area contributed by atoms with Crippen LogP contribution in [0.1, 0.15) is 43.1 Å². The molecule has 1 N–H and O–H groups in total. The Bertz CT molecular complexity index is 1710. The van der Waals surface area contributed by atoms with Crippen LogP contribution in [0.3, 0.4) is 0 Å². The molecule has 37 heavy (non-hydrogen) atoms. The van der Waals surface area contributed by atoms with E-state index in [2.05, 4.69) is 26.2 Å². The Balaban J connectivity index is 1.36. The van der Waals surface area contributed by atoms with Gasteiger partial charge in [0.25, 0.3) is 0 Å². The van der Waals surface area contributed by atoms with E-state index in [4.69, 9.17) is 16.3 Å². The molecule has 0 unspecified atom stereocenters. The Morgan fingerprint density at radius 3 is 2.73 bits per heavy atom. The second kappa shape index (κ2) is 9.22. The van der Waals surface area contributed by atoms with E-state index in [0.29, 0.717) is 52.8 Å². The van der Waals surface area contributed by atoms with Crippen LogP contribution in [-0.4, -0.2) is 35.9 Å². The molecule has 1 aliphatic rings. The summed E-state index contributed by atoms with van der Waals surface area (Å²) in [6.45, 7) is 2.48. The third-order valence-corrected chi connectivity index (χ3v) is 7.07. The van der Waals surface area contributed by atoms with Crippen molar-refractivity contribution in [1.82, 2.24) is 29.3 Å². The van der Waals surface area contributed by atoms with E-state index >= 15 is 0 Å². The van der Waals surface area contributed by atoms with Gasteiger partial charge in [-0.2, -0.15) is 5.26 Å². The van der Waals surface area contributed by atoms with Crippen molar-refractivity contribution in [3.05, 3.63) is 87.7 Å². The molecule has 0 atom stereocenters. The number of halogens is 1. The Kier molecular flexibility index (Phi) is 5.74. The number of imidazole rings is 1. The summed E-state index contributed by atoms with van der Waals surface area (Å²) >= 11 is 6.61. The molecule has 0 spiro atoms. The molecule has 0 aliphatic heterocycles. The fourth-order valence-corrected chi connectivity index (χ4v) is 5.15. The van der Waals surface area contributed by atoms with Gasteiger partial charge in [-0.15, -0.1) is 10.2 Å². The van der Waals surface area contributed by atoms with Gasteiger partial charge in [0.2, 0.25) is 0 Å². The van der Waals surface area contributed by atoms with Crippen molar-refractivity contribution in [2.24, 2.45) is 0 Å². The first-order valence-electron chi connectivity index (χ1n) is 12.0. The Morgan fingerprint density at radius 2 is 2.00 bits per heavy atom. The van der Waals surface area contributed by atoms with Crippen molar-refractivity contribution in [3.63, 3.8) is 0 Å². The molecule has 0 amide bonds. The SMILES string of the molecule is CCOc1ccc(-c2nnc([C@H]3C[C@H](n4c(=O)[nH]c5cc(C#N)ccc54)C3)n2-c2ccccc2Cl)nc1. The van der Waals surface area contributed by atoms with E-state index in [0.717, 1.165) is 17.0 Å². The number of nitrogens with one attached hydrogen (secondary N) is 1. The molecule has 5 aromatic rings. The quantitative estimate of drug-likeness (QED) is 0.342. The van der Waals surface area contributed by atoms with E-state index in [-0.39, 0.29) is 17.6 Å². The molecular weight excluding hydrogens is 490 g/mol. The molecule has 0 saturated heterocycles. The lowest BCUT2D eigenvalue weighted by Gasteiger charge is -2.35. The van der Waals surface area contributed by atoms with Gasteiger partial charge in [-0.05, 0) is 62.2 Å². The number of rotatable bonds is 6. The van der Waals surface area contributed by atoms with Crippen LogP contribution >= 0.6 is 11.6 Å². The van der Waals surface area contributed by atoms with Crippen LogP contribution in [0.25, 0.3) is 28.2 Å². The number of hydrogen-bond donors (Lipinski definition) is 1. The molecule has 1 saturated carbocycles. The van der Waals surface area contributed by atoms with Gasteiger partial charge >= 0.3 is 5.69 Å². The van der Waals surface area contributed by atoms with E-state index < -0.39 is 0 Å². The number of ether oxygens (including phenoxy) is 1. The standard InChI is InChI=1S/C27H22ClN7O2/c1-2-37-19-8-9-21(30-15-19)26-33-32-25(35(26)23-6-4-3-5-20(23)28)17-12-18(13-17)34-24-10-7-16(14-29)11-22(24)31-27(34)36/h3-11,15,17-18H,2,12-13H2,1H3,(H,31,36)/t17-,18-. The number of nitrogens with zero attached hydrogens (tertiary/aromatic N) is 6. The van der Waals surface area contributed by atoms with Crippen molar-refractivity contribution in [1.29, 1.82) is 5.26 Å². The zero-order chi connectivity index (χ0) is 25.5. The highest BCUT2D eigenvalue weighted by atomic mass is 35.5. The van der Waals surface area contributed by atoms with Crippen LogP contribution < -0.4 is 10.4 Å². The maximum atomic E-state index is 12.8. The van der Waals surface area contributed by atoms with E-state index in [1.54, 1.807) is 22.9 Å². The maximum absolute atomic E-state index is 12.8. The summed E-state index contributed by atoms with van der Waals surface area (Å²) in [5.41, 5.74) is 3.21. The number of H-pyrrole nitrogens is 1. The molecule has 0 bridgehead atoms. The summed E-state index contributed by atoms with van der Waals surface area (Å²) in [4.78, 5) is 20.2. The summed E-state index contributed by atoms with van der Waals surface area (Å²) < 4.78 is 9.27. The average Bonchev–Trinajstić information content (AvgIpc) is 3.45. The minimum absolute atomic E-state index is 0.00244. The molecule has 1 aliphatic carbocycles. The number of pyridine rings is 1. The van der Waals surface area contributed by atoms with Gasteiger partial charge in [-0.25, -0.2) is 9.78 Å². The molecule has 10 heteroatoms. The minimum atomic E-state index is -0.180. The van der Waals surface area contributed by atoms with Crippen LogP contribution in [-0.2, 0) is 0 Å². The van der Waals surface area contributed by atoms with E-state index in [9.17, 15) is 10.1 Å². The van der Waals surface area contributed by atoms with Crippen molar-refractivity contribution in [2.75, 3.05) is 6.61 Å². The van der Waals surface area contributed by atoms with Crippen molar-refractivity contribution in [3.8, 4) is 29.0 Å². The predicted molar refractivity (Wildman–Crippen MR) is 139 cm³/mol. The van der Waals surface area contributed by atoms with Gasteiger partial charge in [0.05, 0.1) is 46.2 Å². The zero-order valence-corrected chi connectivity index (χ0v) is 20.7. The average molecular weight is 512 g/mol. The Labute approximate surface area is 216 Å². The molecule has 3 heterocycles. The number of hydrogen-bond acceptors (Lipinski definition) is 6. The predicted octanol–water partition coefficient (Wildman–Crippen LogP) is 5.01. The van der Waals surface area contributed by atoms with Gasteiger partial charge < -0.3 is 9.72 Å². The highest BCUT2D eigenvalue weighted by Gasteiger charge is 2.38. The molecule has 1 fully saturated rings. The molecule has 3 aromatic heterocycles. The number of aromatic amines is 1.